The Balaban J connectivity index is 1.75. The van der Waals surface area contributed by atoms with Gasteiger partial charge in [0, 0.05) is 22.7 Å². The number of anilines is 1. The van der Waals surface area contributed by atoms with E-state index in [9.17, 15) is 19.5 Å². The van der Waals surface area contributed by atoms with Crippen molar-refractivity contribution in [3.63, 3.8) is 0 Å². The van der Waals surface area contributed by atoms with Crippen molar-refractivity contribution >= 4 is 23.5 Å². The molecule has 3 rings (SSSR count). The van der Waals surface area contributed by atoms with Gasteiger partial charge in [0.2, 0.25) is 5.91 Å². The van der Waals surface area contributed by atoms with E-state index in [4.69, 9.17) is 10.5 Å². The predicted octanol–water partition coefficient (Wildman–Crippen LogP) is 3.57. The summed E-state index contributed by atoms with van der Waals surface area (Å²) in [5.41, 5.74) is 6.49. The third-order valence-electron chi connectivity index (χ3n) is 5.87. The van der Waals surface area contributed by atoms with Crippen molar-refractivity contribution < 1.29 is 24.2 Å². The number of hydrogen-bond donors (Lipinski definition) is 2. The van der Waals surface area contributed by atoms with Crippen LogP contribution in [-0.4, -0.2) is 35.5 Å². The van der Waals surface area contributed by atoms with Gasteiger partial charge >= 0.3 is 5.97 Å². The number of rotatable bonds is 7. The van der Waals surface area contributed by atoms with Gasteiger partial charge in [-0.2, -0.15) is 0 Å². The molecule has 0 saturated carbocycles. The molecule has 0 radical (unpaired) electrons. The van der Waals surface area contributed by atoms with Crippen LogP contribution in [0.1, 0.15) is 55.5 Å². The second-order valence-corrected chi connectivity index (χ2v) is 8.58. The maximum absolute atomic E-state index is 13.3. The van der Waals surface area contributed by atoms with Crippen molar-refractivity contribution in [3.8, 4) is 5.75 Å². The molecule has 1 aliphatic rings. The molecule has 0 aliphatic carbocycles. The molecule has 0 bridgehead atoms. The third kappa shape index (κ3) is 4.71. The van der Waals surface area contributed by atoms with Crippen LogP contribution in [0.3, 0.4) is 0 Å². The minimum absolute atomic E-state index is 0.190. The third-order valence-corrected chi connectivity index (χ3v) is 5.87. The molecular weight excluding hydrogens is 396 g/mol. The number of hydrogen-bond acceptors (Lipinski definition) is 4. The highest BCUT2D eigenvalue weighted by Gasteiger charge is 2.37. The first kappa shape index (κ1) is 22.3. The molecule has 0 spiro atoms. The topological polar surface area (TPSA) is 110 Å². The molecule has 31 heavy (non-hydrogen) atoms. The fourth-order valence-electron chi connectivity index (χ4n) is 3.74. The van der Waals surface area contributed by atoms with E-state index in [-0.39, 0.29) is 17.9 Å². The highest BCUT2D eigenvalue weighted by molar-refractivity contribution is 6.07. The molecule has 2 atom stereocenters. The quantitative estimate of drug-likeness (QED) is 0.706. The molecule has 0 unspecified atom stereocenters. The van der Waals surface area contributed by atoms with Gasteiger partial charge in [0.25, 0.3) is 5.91 Å². The smallest absolute Gasteiger partial charge is 0.311 e. The monoisotopic (exact) mass is 424 g/mol. The predicted molar refractivity (Wildman–Crippen MR) is 117 cm³/mol. The molecule has 0 saturated heterocycles. The van der Waals surface area contributed by atoms with Crippen molar-refractivity contribution in [2.24, 2.45) is 11.1 Å². The first-order chi connectivity index (χ1) is 14.6. The molecule has 2 aromatic carbocycles. The zero-order valence-electron chi connectivity index (χ0n) is 18.0. The zero-order chi connectivity index (χ0) is 22.8. The van der Waals surface area contributed by atoms with Gasteiger partial charge in [-0.15, -0.1) is 0 Å². The second-order valence-electron chi connectivity index (χ2n) is 8.58. The molecule has 2 aromatic rings. The van der Waals surface area contributed by atoms with Gasteiger partial charge in [0.1, 0.15) is 5.75 Å². The number of amides is 2. The molecule has 1 aliphatic heterocycles. The largest absolute Gasteiger partial charge is 0.494 e. The van der Waals surface area contributed by atoms with E-state index in [2.05, 4.69) is 0 Å². The summed E-state index contributed by atoms with van der Waals surface area (Å²) >= 11 is 0. The van der Waals surface area contributed by atoms with Crippen LogP contribution >= 0.6 is 0 Å². The number of carboxylic acid groups (broad SMARTS) is 1. The van der Waals surface area contributed by atoms with Crippen LogP contribution in [0.5, 0.6) is 5.75 Å². The molecule has 3 N–H and O–H groups in total. The number of nitrogens with two attached hydrogens (primary N) is 1. The SMILES string of the molecule is C[C@H]1C[C@H](C(=O)O)c2ccccc2N1C(=O)c1ccc(OCCC(C)(C)C(N)=O)cc1. The second kappa shape index (κ2) is 8.79. The van der Waals surface area contributed by atoms with Crippen molar-refractivity contribution in [2.45, 2.75) is 45.6 Å². The van der Waals surface area contributed by atoms with Crippen LogP contribution < -0.4 is 15.4 Å². The lowest BCUT2D eigenvalue weighted by Crippen LogP contribution is -2.44. The van der Waals surface area contributed by atoms with Crippen LogP contribution in [0.15, 0.2) is 48.5 Å². The summed E-state index contributed by atoms with van der Waals surface area (Å²) in [5.74, 6) is -1.48. The van der Waals surface area contributed by atoms with Crippen molar-refractivity contribution in [2.75, 3.05) is 11.5 Å². The molecular formula is C24H28N2O5. The standard InChI is InChI=1S/C24H28N2O5/c1-15-14-19(22(28)29)18-6-4-5-7-20(18)26(15)21(27)16-8-10-17(11-9-16)31-13-12-24(2,3)23(25)30/h4-11,15,19H,12-14H2,1-3H3,(H2,25,30)(H,28,29)/t15-,19-/m0/s1. The van der Waals surface area contributed by atoms with Crippen LogP contribution in [0.2, 0.25) is 0 Å². The molecule has 1 heterocycles. The molecule has 0 aromatic heterocycles. The zero-order valence-corrected chi connectivity index (χ0v) is 18.0. The van der Waals surface area contributed by atoms with Gasteiger partial charge in [-0.25, -0.2) is 0 Å². The lowest BCUT2D eigenvalue weighted by molar-refractivity contribution is -0.139. The highest BCUT2D eigenvalue weighted by atomic mass is 16.5. The van der Waals surface area contributed by atoms with Gasteiger partial charge in [0.15, 0.2) is 0 Å². The normalized spacial score (nSPS) is 18.2. The number of nitrogens with zero attached hydrogens (tertiary/aromatic N) is 1. The lowest BCUT2D eigenvalue weighted by Gasteiger charge is -2.38. The number of aliphatic carboxylic acids is 1. The molecule has 0 fully saturated rings. The Hall–Kier alpha value is -3.35. The number of primary amides is 1. The minimum Gasteiger partial charge on any atom is -0.494 e. The molecule has 7 nitrogen and oxygen atoms in total. The van der Waals surface area contributed by atoms with Crippen LogP contribution in [0.25, 0.3) is 0 Å². The fraction of sp³-hybridized carbons (Fsp3) is 0.375. The first-order valence-corrected chi connectivity index (χ1v) is 10.3. The molecule has 164 valence electrons. The Kier molecular flexibility index (Phi) is 6.34. The maximum Gasteiger partial charge on any atom is 0.311 e. The summed E-state index contributed by atoms with van der Waals surface area (Å²) < 4.78 is 5.69. The lowest BCUT2D eigenvalue weighted by atomic mass is 9.85. The Labute approximate surface area is 181 Å². The number of carboxylic acids is 1. The average Bonchev–Trinajstić information content (AvgIpc) is 2.73. The van der Waals surface area contributed by atoms with Gasteiger partial charge in [-0.05, 0) is 55.7 Å². The number of carbonyl (C=O) groups excluding carboxylic acids is 2. The van der Waals surface area contributed by atoms with Crippen molar-refractivity contribution in [3.05, 3.63) is 59.7 Å². The maximum atomic E-state index is 13.3. The van der Waals surface area contributed by atoms with E-state index in [1.54, 1.807) is 67.3 Å². The van der Waals surface area contributed by atoms with Crippen LogP contribution in [0.4, 0.5) is 5.69 Å². The number of carbonyl (C=O) groups is 3. The van der Waals surface area contributed by atoms with Gasteiger partial charge in [-0.3, -0.25) is 14.4 Å². The Bertz CT molecular complexity index is 984. The number of ether oxygens (including phenoxy) is 1. The van der Waals surface area contributed by atoms with Gasteiger partial charge in [0.05, 0.1) is 12.5 Å². The van der Waals surface area contributed by atoms with E-state index >= 15 is 0 Å². The number of para-hydroxylation sites is 1. The van der Waals surface area contributed by atoms with E-state index in [0.29, 0.717) is 42.0 Å². The summed E-state index contributed by atoms with van der Waals surface area (Å²) in [6.07, 6.45) is 0.838. The summed E-state index contributed by atoms with van der Waals surface area (Å²) in [7, 11) is 0. The van der Waals surface area contributed by atoms with Crippen molar-refractivity contribution in [1.29, 1.82) is 0 Å². The molecule has 7 heteroatoms. The van der Waals surface area contributed by atoms with Crippen LogP contribution in [-0.2, 0) is 9.59 Å². The highest BCUT2D eigenvalue weighted by Crippen LogP contribution is 2.39. The van der Waals surface area contributed by atoms with E-state index < -0.39 is 17.3 Å². The average molecular weight is 424 g/mol. The fourth-order valence-corrected chi connectivity index (χ4v) is 3.74. The Morgan fingerprint density at radius 2 is 1.77 bits per heavy atom. The van der Waals surface area contributed by atoms with Gasteiger partial charge in [-0.1, -0.05) is 32.0 Å². The van der Waals surface area contributed by atoms with Crippen molar-refractivity contribution in [1.82, 2.24) is 0 Å². The molecule has 2 amide bonds. The van der Waals surface area contributed by atoms with E-state index in [1.165, 1.54) is 0 Å². The van der Waals surface area contributed by atoms with Gasteiger partial charge < -0.3 is 20.5 Å². The Morgan fingerprint density at radius 1 is 1.13 bits per heavy atom. The summed E-state index contributed by atoms with van der Waals surface area (Å²) in [6.45, 7) is 5.73. The summed E-state index contributed by atoms with van der Waals surface area (Å²) in [4.78, 5) is 38.0. The van der Waals surface area contributed by atoms with E-state index in [1.807, 2.05) is 6.92 Å². The Morgan fingerprint density at radius 3 is 2.39 bits per heavy atom. The van der Waals surface area contributed by atoms with Crippen LogP contribution in [0, 0.1) is 5.41 Å². The summed E-state index contributed by atoms with van der Waals surface area (Å²) in [5, 5.41) is 9.58. The number of fused-ring (bicyclic) bond motifs is 1. The number of benzene rings is 2. The van der Waals surface area contributed by atoms with E-state index in [0.717, 1.165) is 0 Å². The minimum atomic E-state index is -0.882. The first-order valence-electron chi connectivity index (χ1n) is 10.3. The summed E-state index contributed by atoms with van der Waals surface area (Å²) in [6, 6.07) is 13.7.